The monoisotopic (exact) mass is 386 g/mol. The Morgan fingerprint density at radius 1 is 0.643 bits per heavy atom. The van der Waals surface area contributed by atoms with Crippen LogP contribution in [-0.2, 0) is 24.0 Å². The lowest BCUT2D eigenvalue weighted by Gasteiger charge is -2.32. The van der Waals surface area contributed by atoms with Crippen LogP contribution >= 0.6 is 0 Å². The van der Waals surface area contributed by atoms with E-state index >= 15 is 0 Å². The van der Waals surface area contributed by atoms with Gasteiger partial charge in [0.15, 0.2) is 0 Å². The van der Waals surface area contributed by atoms with Crippen LogP contribution in [0.2, 0.25) is 0 Å². The fraction of sp³-hybridized carbons (Fsp3) is 0.727. The van der Waals surface area contributed by atoms with Crippen molar-refractivity contribution in [3.05, 3.63) is 23.8 Å². The van der Waals surface area contributed by atoms with E-state index in [9.17, 15) is 0 Å². The van der Waals surface area contributed by atoms with E-state index in [1.165, 1.54) is 5.56 Å². The first-order valence-corrected chi connectivity index (χ1v) is 10.3. The summed E-state index contributed by atoms with van der Waals surface area (Å²) in [5.74, 6) is 0. The van der Waals surface area contributed by atoms with Crippen LogP contribution in [0.1, 0.15) is 81.7 Å². The van der Waals surface area contributed by atoms with Crippen molar-refractivity contribution in [1.29, 1.82) is 0 Å². The van der Waals surface area contributed by atoms with Crippen LogP contribution in [0.3, 0.4) is 0 Å². The summed E-state index contributed by atoms with van der Waals surface area (Å²) in [7, 11) is -0.759. The fourth-order valence-electron chi connectivity index (χ4n) is 3.52. The Labute approximate surface area is 171 Å². The lowest BCUT2D eigenvalue weighted by atomic mass is 9.66. The minimum atomic E-state index is -0.383. The number of rotatable bonds is 2. The summed E-state index contributed by atoms with van der Waals surface area (Å²) in [6.45, 7) is 23.3. The van der Waals surface area contributed by atoms with Gasteiger partial charge in [0.05, 0.1) is 22.4 Å². The van der Waals surface area contributed by atoms with E-state index in [2.05, 4.69) is 94.4 Å². The minimum absolute atomic E-state index is 0.0709. The molecule has 0 radical (unpaired) electrons. The van der Waals surface area contributed by atoms with E-state index in [0.717, 1.165) is 10.9 Å². The molecule has 154 valence electrons. The topological polar surface area (TPSA) is 36.9 Å². The molecule has 0 aliphatic carbocycles. The van der Waals surface area contributed by atoms with Crippen LogP contribution in [0.5, 0.6) is 0 Å². The van der Waals surface area contributed by atoms with Crippen molar-refractivity contribution < 1.29 is 18.6 Å². The first-order chi connectivity index (χ1) is 12.5. The van der Waals surface area contributed by atoms with Gasteiger partial charge in [0, 0.05) is 0 Å². The second kappa shape index (κ2) is 6.34. The van der Waals surface area contributed by atoms with Crippen LogP contribution in [0.25, 0.3) is 0 Å². The molecule has 0 saturated carbocycles. The normalized spacial score (nSPS) is 25.4. The largest absolute Gasteiger partial charge is 0.495 e. The molecule has 0 spiro atoms. The molecule has 2 fully saturated rings. The Kier molecular flexibility index (Phi) is 4.96. The molecule has 1 aromatic carbocycles. The molecule has 2 aliphatic rings. The highest BCUT2D eigenvalue weighted by molar-refractivity contribution is 6.64. The second-order valence-corrected chi connectivity index (χ2v) is 11.3. The SMILES string of the molecule is CC(C)(C)c1cc(B2OC(C)(C)C(C)(C)O2)ccc1B1OC(C)(C)C(C)(C)O1. The van der Waals surface area contributed by atoms with E-state index in [1.54, 1.807) is 0 Å². The number of hydrogen-bond donors (Lipinski definition) is 0. The fourth-order valence-corrected chi connectivity index (χ4v) is 3.52. The summed E-state index contributed by atoms with van der Waals surface area (Å²) in [5.41, 5.74) is 1.79. The molecule has 3 rings (SSSR count). The van der Waals surface area contributed by atoms with Gasteiger partial charge in [-0.2, -0.15) is 0 Å². The van der Waals surface area contributed by atoms with Crippen molar-refractivity contribution in [1.82, 2.24) is 0 Å². The summed E-state index contributed by atoms with van der Waals surface area (Å²) in [5, 5.41) is 0. The standard InChI is InChI=1S/C22H36B2O4/c1-18(2,3)16-14-15(23-25-19(4,5)20(6,7)26-23)12-13-17(16)24-27-21(8,9)22(10,11)28-24/h12-14H,1-11H3. The van der Waals surface area contributed by atoms with E-state index in [-0.39, 0.29) is 42.1 Å². The Balaban J connectivity index is 1.99. The molecule has 0 N–H and O–H groups in total. The van der Waals surface area contributed by atoms with Crippen molar-refractivity contribution in [2.75, 3.05) is 0 Å². The zero-order valence-corrected chi connectivity index (χ0v) is 19.5. The molecule has 0 aromatic heterocycles. The Morgan fingerprint density at radius 3 is 1.43 bits per heavy atom. The van der Waals surface area contributed by atoms with Crippen LogP contribution in [0.4, 0.5) is 0 Å². The lowest BCUT2D eigenvalue weighted by molar-refractivity contribution is 0.00578. The molecule has 2 saturated heterocycles. The molecule has 4 nitrogen and oxygen atoms in total. The molecule has 0 amide bonds. The first kappa shape index (κ1) is 21.9. The van der Waals surface area contributed by atoms with Gasteiger partial charge < -0.3 is 18.6 Å². The van der Waals surface area contributed by atoms with Crippen molar-refractivity contribution in [3.63, 3.8) is 0 Å². The maximum absolute atomic E-state index is 6.33. The molecule has 0 atom stereocenters. The zero-order chi connectivity index (χ0) is 21.3. The van der Waals surface area contributed by atoms with Crippen LogP contribution in [-0.4, -0.2) is 36.6 Å². The van der Waals surface area contributed by atoms with Crippen molar-refractivity contribution in [3.8, 4) is 0 Å². The molecular weight excluding hydrogens is 350 g/mol. The summed E-state index contributed by atoms with van der Waals surface area (Å²) in [6, 6.07) is 6.39. The number of benzene rings is 1. The second-order valence-electron chi connectivity index (χ2n) is 11.3. The van der Waals surface area contributed by atoms with Gasteiger partial charge >= 0.3 is 14.2 Å². The molecular formula is C22H36B2O4. The van der Waals surface area contributed by atoms with Crippen molar-refractivity contribution in [2.45, 2.75) is 104 Å². The van der Waals surface area contributed by atoms with E-state index in [0.29, 0.717) is 0 Å². The molecule has 1 aromatic rings. The summed E-state index contributed by atoms with van der Waals surface area (Å²) in [4.78, 5) is 0. The molecule has 28 heavy (non-hydrogen) atoms. The molecule has 0 unspecified atom stereocenters. The molecule has 2 aliphatic heterocycles. The van der Waals surface area contributed by atoms with Gasteiger partial charge in [0.2, 0.25) is 0 Å². The van der Waals surface area contributed by atoms with Crippen LogP contribution in [0.15, 0.2) is 18.2 Å². The third kappa shape index (κ3) is 3.58. The van der Waals surface area contributed by atoms with Crippen molar-refractivity contribution >= 4 is 25.2 Å². The summed E-state index contributed by atoms with van der Waals surface area (Å²) in [6.07, 6.45) is 0. The highest BCUT2D eigenvalue weighted by Crippen LogP contribution is 2.38. The average Bonchev–Trinajstić information content (AvgIpc) is 2.85. The van der Waals surface area contributed by atoms with Gasteiger partial charge in [-0.15, -0.1) is 0 Å². The molecule has 6 heteroatoms. The summed E-state index contributed by atoms with van der Waals surface area (Å²) < 4.78 is 25.2. The van der Waals surface area contributed by atoms with Gasteiger partial charge in [-0.25, -0.2) is 0 Å². The quantitative estimate of drug-likeness (QED) is 0.729. The van der Waals surface area contributed by atoms with Gasteiger partial charge in [-0.3, -0.25) is 0 Å². The maximum atomic E-state index is 6.33. The minimum Gasteiger partial charge on any atom is -0.399 e. The first-order valence-electron chi connectivity index (χ1n) is 10.3. The van der Waals surface area contributed by atoms with Gasteiger partial charge in [-0.05, 0) is 77.3 Å². The zero-order valence-electron chi connectivity index (χ0n) is 19.5. The van der Waals surface area contributed by atoms with Crippen LogP contribution < -0.4 is 10.9 Å². The smallest absolute Gasteiger partial charge is 0.399 e. The Hall–Kier alpha value is -0.810. The maximum Gasteiger partial charge on any atom is 0.495 e. The number of hydrogen-bond acceptors (Lipinski definition) is 4. The lowest BCUT2D eigenvalue weighted by Crippen LogP contribution is -2.43. The highest BCUT2D eigenvalue weighted by Gasteiger charge is 2.54. The summed E-state index contributed by atoms with van der Waals surface area (Å²) >= 11 is 0. The van der Waals surface area contributed by atoms with Gasteiger partial charge in [0.1, 0.15) is 0 Å². The van der Waals surface area contributed by atoms with E-state index < -0.39 is 0 Å². The van der Waals surface area contributed by atoms with E-state index in [4.69, 9.17) is 18.6 Å². The van der Waals surface area contributed by atoms with Gasteiger partial charge in [-0.1, -0.05) is 39.0 Å². The third-order valence-corrected chi connectivity index (χ3v) is 6.92. The van der Waals surface area contributed by atoms with Crippen LogP contribution in [0, 0.1) is 0 Å². The highest BCUT2D eigenvalue weighted by atomic mass is 16.7. The Bertz CT molecular complexity index is 730. The predicted molar refractivity (Wildman–Crippen MR) is 117 cm³/mol. The van der Waals surface area contributed by atoms with Crippen molar-refractivity contribution in [2.24, 2.45) is 0 Å². The molecule has 2 heterocycles. The average molecular weight is 386 g/mol. The third-order valence-electron chi connectivity index (χ3n) is 6.92. The van der Waals surface area contributed by atoms with E-state index in [1.807, 2.05) is 0 Å². The predicted octanol–water partition coefficient (Wildman–Crippen LogP) is 3.58. The Morgan fingerprint density at radius 2 is 1.04 bits per heavy atom. The molecule has 0 bridgehead atoms. The van der Waals surface area contributed by atoms with Gasteiger partial charge in [0.25, 0.3) is 0 Å².